The Morgan fingerprint density at radius 3 is 2.33 bits per heavy atom. The number of hydrogen-bond acceptors (Lipinski definition) is 7. The fourth-order valence-corrected chi connectivity index (χ4v) is 5.30. The molecule has 0 aromatic carbocycles. The average molecular weight is 499 g/mol. The summed E-state index contributed by atoms with van der Waals surface area (Å²) in [6.07, 6.45) is 6.42. The van der Waals surface area contributed by atoms with Gasteiger partial charge in [-0.3, -0.25) is 14.9 Å². The first kappa shape index (κ1) is 25.7. The fourth-order valence-electron chi connectivity index (χ4n) is 5.30. The van der Waals surface area contributed by atoms with Crippen molar-refractivity contribution in [2.75, 3.05) is 10.6 Å². The third kappa shape index (κ3) is 5.68. The van der Waals surface area contributed by atoms with Crippen LogP contribution in [-0.4, -0.2) is 39.3 Å². The highest BCUT2D eigenvalue weighted by molar-refractivity contribution is 5.96. The molecular weight excluding hydrogens is 464 g/mol. The number of carbonyl (C=O) groups excluding carboxylic acids is 2. The monoisotopic (exact) mass is 498 g/mol. The maximum Gasteiger partial charge on any atom is 0.412 e. The van der Waals surface area contributed by atoms with E-state index in [4.69, 9.17) is 9.26 Å². The number of carboxylic acids is 1. The van der Waals surface area contributed by atoms with Crippen molar-refractivity contribution in [1.82, 2.24) is 10.1 Å². The topological polar surface area (TPSA) is 144 Å². The minimum Gasteiger partial charge on any atom is -0.481 e. The van der Waals surface area contributed by atoms with Crippen molar-refractivity contribution in [2.24, 2.45) is 17.8 Å². The minimum absolute atomic E-state index is 0.177. The lowest BCUT2D eigenvalue weighted by atomic mass is 9.78. The number of carbonyl (C=O) groups is 3. The van der Waals surface area contributed by atoms with Gasteiger partial charge in [0, 0.05) is 0 Å². The average Bonchev–Trinajstić information content (AvgIpc) is 3.51. The molecule has 3 N–H and O–H groups in total. The molecule has 2 aliphatic carbocycles. The predicted octanol–water partition coefficient (Wildman–Crippen LogP) is 5.31. The second kappa shape index (κ2) is 11.1. The van der Waals surface area contributed by atoms with Crippen LogP contribution >= 0.6 is 0 Å². The summed E-state index contributed by atoms with van der Waals surface area (Å²) >= 11 is 0. The number of anilines is 2. The molecular formula is C26H34N4O6. The van der Waals surface area contributed by atoms with E-state index in [9.17, 15) is 19.5 Å². The van der Waals surface area contributed by atoms with Crippen molar-refractivity contribution in [1.29, 1.82) is 0 Å². The van der Waals surface area contributed by atoms with Crippen LogP contribution in [0.2, 0.25) is 0 Å². The Kier molecular flexibility index (Phi) is 7.91. The number of ether oxygens (including phenoxy) is 1. The molecule has 36 heavy (non-hydrogen) atoms. The molecule has 3 atom stereocenters. The van der Waals surface area contributed by atoms with E-state index in [2.05, 4.69) is 20.8 Å². The fraction of sp³-hybridized carbons (Fsp3) is 0.577. The number of nitrogens with zero attached hydrogens (tertiary/aromatic N) is 2. The number of carboxylic acid groups (broad SMARTS) is 1. The first-order valence-corrected chi connectivity index (χ1v) is 12.7. The highest BCUT2D eigenvalue weighted by atomic mass is 16.6. The van der Waals surface area contributed by atoms with Crippen molar-refractivity contribution < 1.29 is 28.8 Å². The van der Waals surface area contributed by atoms with Gasteiger partial charge in [0.05, 0.1) is 23.2 Å². The first-order valence-electron chi connectivity index (χ1n) is 12.7. The largest absolute Gasteiger partial charge is 0.481 e. The van der Waals surface area contributed by atoms with Gasteiger partial charge in [-0.25, -0.2) is 9.78 Å². The third-order valence-electron chi connectivity index (χ3n) is 7.44. The van der Waals surface area contributed by atoms with Crippen LogP contribution in [0, 0.1) is 31.6 Å². The highest BCUT2D eigenvalue weighted by Crippen LogP contribution is 2.34. The molecule has 10 heteroatoms. The second-order valence-corrected chi connectivity index (χ2v) is 9.91. The van der Waals surface area contributed by atoms with E-state index < -0.39 is 23.9 Å². The Hall–Kier alpha value is -3.43. The number of amides is 2. The van der Waals surface area contributed by atoms with Crippen LogP contribution in [0.3, 0.4) is 0 Å². The van der Waals surface area contributed by atoms with Crippen LogP contribution in [-0.2, 0) is 14.3 Å². The Balaban J connectivity index is 1.45. The van der Waals surface area contributed by atoms with Gasteiger partial charge >= 0.3 is 12.1 Å². The van der Waals surface area contributed by atoms with Crippen LogP contribution in [0.15, 0.2) is 16.7 Å². The van der Waals surface area contributed by atoms with Crippen molar-refractivity contribution in [3.8, 4) is 11.5 Å². The van der Waals surface area contributed by atoms with Gasteiger partial charge in [0.2, 0.25) is 11.7 Å². The van der Waals surface area contributed by atoms with E-state index in [1.165, 1.54) is 0 Å². The standard InChI is InChI=1S/C26H34N4O6/c1-14-20(28-24(31)18-10-6-7-11-19(18)25(32)33)12-13-21(27-14)23-22(15(2)30-36-23)29-26(34)35-16(3)17-8-4-5-9-17/h12-13,16-19H,4-11H2,1-3H3,(H,28,31)(H,29,34)(H,32,33)/t16-,18?,19?/m1/s1. The molecule has 0 bridgehead atoms. The Bertz CT molecular complexity index is 1120. The summed E-state index contributed by atoms with van der Waals surface area (Å²) in [5.41, 5.74) is 2.33. The van der Waals surface area contributed by atoms with E-state index in [0.717, 1.165) is 38.5 Å². The molecule has 2 saturated carbocycles. The summed E-state index contributed by atoms with van der Waals surface area (Å²) in [5.74, 6) is -1.81. The van der Waals surface area contributed by atoms with Crippen molar-refractivity contribution in [2.45, 2.75) is 78.2 Å². The van der Waals surface area contributed by atoms with Crippen molar-refractivity contribution >= 4 is 29.3 Å². The summed E-state index contributed by atoms with van der Waals surface area (Å²) in [6, 6.07) is 3.35. The second-order valence-electron chi connectivity index (χ2n) is 9.91. The van der Waals surface area contributed by atoms with Gasteiger partial charge in [-0.15, -0.1) is 0 Å². The number of aliphatic carboxylic acids is 1. The van der Waals surface area contributed by atoms with Gasteiger partial charge in [-0.05, 0) is 64.5 Å². The normalized spacial score (nSPS) is 21.1. The molecule has 10 nitrogen and oxygen atoms in total. The molecule has 4 rings (SSSR count). The minimum atomic E-state index is -0.933. The number of hydrogen-bond donors (Lipinski definition) is 3. The highest BCUT2D eigenvalue weighted by Gasteiger charge is 2.36. The van der Waals surface area contributed by atoms with E-state index in [-0.39, 0.29) is 17.8 Å². The summed E-state index contributed by atoms with van der Waals surface area (Å²) in [7, 11) is 0. The zero-order valence-electron chi connectivity index (χ0n) is 21.0. The molecule has 194 valence electrons. The molecule has 2 aliphatic rings. The van der Waals surface area contributed by atoms with Gasteiger partial charge in [0.25, 0.3) is 0 Å². The molecule has 2 fully saturated rings. The lowest BCUT2D eigenvalue weighted by Gasteiger charge is -2.27. The van der Waals surface area contributed by atoms with Gasteiger partial charge in [-0.1, -0.05) is 30.8 Å². The molecule has 2 amide bonds. The Morgan fingerprint density at radius 1 is 1.00 bits per heavy atom. The van der Waals surface area contributed by atoms with Gasteiger partial charge in [0.15, 0.2) is 0 Å². The van der Waals surface area contributed by atoms with Crippen LogP contribution in [0.4, 0.5) is 16.2 Å². The number of aryl methyl sites for hydroxylation is 2. The smallest absolute Gasteiger partial charge is 0.412 e. The molecule has 2 heterocycles. The summed E-state index contributed by atoms with van der Waals surface area (Å²) < 4.78 is 11.1. The van der Waals surface area contributed by atoms with E-state index in [1.54, 1.807) is 26.0 Å². The molecule has 0 radical (unpaired) electrons. The quantitative estimate of drug-likeness (QED) is 0.466. The van der Waals surface area contributed by atoms with Crippen molar-refractivity contribution in [3.05, 3.63) is 23.5 Å². The zero-order chi connectivity index (χ0) is 25.8. The van der Waals surface area contributed by atoms with Crippen LogP contribution in [0.5, 0.6) is 0 Å². The first-order chi connectivity index (χ1) is 17.2. The molecule has 0 saturated heterocycles. The lowest BCUT2D eigenvalue weighted by molar-refractivity contribution is -0.147. The van der Waals surface area contributed by atoms with E-state index >= 15 is 0 Å². The summed E-state index contributed by atoms with van der Waals surface area (Å²) in [4.78, 5) is 41.5. The molecule has 0 aliphatic heterocycles. The van der Waals surface area contributed by atoms with Gasteiger partial charge < -0.3 is 19.7 Å². The number of aromatic nitrogens is 2. The van der Waals surface area contributed by atoms with Gasteiger partial charge in [-0.2, -0.15) is 0 Å². The van der Waals surface area contributed by atoms with Crippen LogP contribution in [0.1, 0.15) is 69.7 Å². The van der Waals surface area contributed by atoms with Gasteiger partial charge in [0.1, 0.15) is 23.2 Å². The number of nitrogens with one attached hydrogen (secondary N) is 2. The number of rotatable bonds is 7. The van der Waals surface area contributed by atoms with E-state index in [1.807, 2.05) is 6.92 Å². The number of pyridine rings is 1. The van der Waals surface area contributed by atoms with E-state index in [0.29, 0.717) is 47.2 Å². The van der Waals surface area contributed by atoms with Crippen LogP contribution < -0.4 is 10.6 Å². The summed E-state index contributed by atoms with van der Waals surface area (Å²) in [5, 5.41) is 19.1. The lowest BCUT2D eigenvalue weighted by Crippen LogP contribution is -2.36. The molecule has 0 spiro atoms. The SMILES string of the molecule is Cc1nc(-c2onc(C)c2NC(=O)O[C@H](C)C2CCCC2)ccc1NC(=O)C1CCCCC1C(=O)O. The summed E-state index contributed by atoms with van der Waals surface area (Å²) in [6.45, 7) is 5.37. The maximum absolute atomic E-state index is 12.9. The van der Waals surface area contributed by atoms with Crippen molar-refractivity contribution in [3.63, 3.8) is 0 Å². The molecule has 2 unspecified atom stereocenters. The maximum atomic E-state index is 12.9. The zero-order valence-corrected chi connectivity index (χ0v) is 21.0. The van der Waals surface area contributed by atoms with Crippen LogP contribution in [0.25, 0.3) is 11.5 Å². The predicted molar refractivity (Wildman–Crippen MR) is 132 cm³/mol. The Morgan fingerprint density at radius 2 is 1.67 bits per heavy atom. The Labute approximate surface area is 210 Å². The molecule has 2 aromatic heterocycles. The third-order valence-corrected chi connectivity index (χ3v) is 7.44. The molecule has 2 aromatic rings.